The first kappa shape index (κ1) is 13.6. The number of hydrogen-bond donors (Lipinski definition) is 1. The van der Waals surface area contributed by atoms with Crippen LogP contribution in [0.1, 0.15) is 18.0 Å². The highest BCUT2D eigenvalue weighted by atomic mass is 19.1. The minimum atomic E-state index is -0.324. The van der Waals surface area contributed by atoms with Gasteiger partial charge in [0.05, 0.1) is 0 Å². The minimum Gasteiger partial charge on any atom is -0.484 e. The van der Waals surface area contributed by atoms with Crippen LogP contribution in [0.3, 0.4) is 0 Å². The van der Waals surface area contributed by atoms with Crippen molar-refractivity contribution < 1.29 is 13.9 Å². The maximum Gasteiger partial charge on any atom is 0.260 e. The number of nitrogens with zero attached hydrogens (tertiary/aromatic N) is 2. The summed E-state index contributed by atoms with van der Waals surface area (Å²) < 4.78 is 18.2. The number of aromatic nitrogens is 2. The number of halogens is 1. The zero-order chi connectivity index (χ0) is 14.7. The van der Waals surface area contributed by atoms with Gasteiger partial charge < -0.3 is 9.64 Å². The molecule has 0 spiro atoms. The summed E-state index contributed by atoms with van der Waals surface area (Å²) in [6, 6.07) is 7.58. The highest BCUT2D eigenvalue weighted by Crippen LogP contribution is 2.25. The SMILES string of the molecule is O=C(COc1ccc(F)cc1)N1CCC(c2ccn[nH]2)C1. The monoisotopic (exact) mass is 289 g/mol. The average Bonchev–Trinajstić information content (AvgIpc) is 3.17. The van der Waals surface area contributed by atoms with Gasteiger partial charge in [0.15, 0.2) is 6.61 Å². The topological polar surface area (TPSA) is 58.2 Å². The van der Waals surface area contributed by atoms with Crippen molar-refractivity contribution in [3.05, 3.63) is 48.0 Å². The van der Waals surface area contributed by atoms with Crippen molar-refractivity contribution in [3.63, 3.8) is 0 Å². The van der Waals surface area contributed by atoms with Gasteiger partial charge in [0, 0.05) is 30.9 Å². The third kappa shape index (κ3) is 3.21. The van der Waals surface area contributed by atoms with Crippen LogP contribution < -0.4 is 4.74 Å². The molecule has 1 unspecified atom stereocenters. The van der Waals surface area contributed by atoms with Gasteiger partial charge in [-0.1, -0.05) is 0 Å². The molecule has 0 aliphatic carbocycles. The van der Waals surface area contributed by atoms with Gasteiger partial charge in [0.25, 0.3) is 5.91 Å². The Balaban J connectivity index is 1.51. The fraction of sp³-hybridized carbons (Fsp3) is 0.333. The molecule has 1 saturated heterocycles. The number of benzene rings is 1. The number of aromatic amines is 1. The summed E-state index contributed by atoms with van der Waals surface area (Å²) in [5, 5.41) is 6.88. The van der Waals surface area contributed by atoms with Gasteiger partial charge >= 0.3 is 0 Å². The van der Waals surface area contributed by atoms with Crippen molar-refractivity contribution in [2.45, 2.75) is 12.3 Å². The molecular weight excluding hydrogens is 273 g/mol. The summed E-state index contributed by atoms with van der Waals surface area (Å²) in [7, 11) is 0. The molecule has 1 aromatic heterocycles. The Morgan fingerprint density at radius 1 is 1.38 bits per heavy atom. The molecule has 1 N–H and O–H groups in total. The molecule has 2 aromatic rings. The van der Waals surface area contributed by atoms with Crippen molar-refractivity contribution in [1.29, 1.82) is 0 Å². The number of ether oxygens (including phenoxy) is 1. The molecule has 110 valence electrons. The first-order valence-electron chi connectivity index (χ1n) is 6.88. The molecule has 5 nitrogen and oxygen atoms in total. The van der Waals surface area contributed by atoms with E-state index in [0.717, 1.165) is 18.7 Å². The molecule has 0 saturated carbocycles. The predicted molar refractivity (Wildman–Crippen MR) is 74.4 cm³/mol. The molecule has 2 heterocycles. The first-order chi connectivity index (χ1) is 10.2. The lowest BCUT2D eigenvalue weighted by molar-refractivity contribution is -0.132. The molecule has 0 bridgehead atoms. The molecule has 3 rings (SSSR count). The Hall–Kier alpha value is -2.37. The van der Waals surface area contributed by atoms with Gasteiger partial charge in [0.1, 0.15) is 11.6 Å². The molecular formula is C15H16FN3O2. The van der Waals surface area contributed by atoms with Gasteiger partial charge in [-0.3, -0.25) is 9.89 Å². The molecule has 1 atom stereocenters. The van der Waals surface area contributed by atoms with Crippen LogP contribution in [0.15, 0.2) is 36.5 Å². The number of likely N-dealkylation sites (tertiary alicyclic amines) is 1. The van der Waals surface area contributed by atoms with Gasteiger partial charge in [-0.25, -0.2) is 4.39 Å². The van der Waals surface area contributed by atoms with Gasteiger partial charge in [-0.05, 0) is 36.8 Å². The quantitative estimate of drug-likeness (QED) is 0.936. The van der Waals surface area contributed by atoms with E-state index in [1.165, 1.54) is 24.3 Å². The van der Waals surface area contributed by atoms with E-state index < -0.39 is 0 Å². The van der Waals surface area contributed by atoms with Crippen LogP contribution in [0.25, 0.3) is 0 Å². The second-order valence-corrected chi connectivity index (χ2v) is 5.08. The van der Waals surface area contributed by atoms with E-state index in [9.17, 15) is 9.18 Å². The Morgan fingerprint density at radius 3 is 2.90 bits per heavy atom. The summed E-state index contributed by atoms with van der Waals surface area (Å²) in [4.78, 5) is 13.9. The highest BCUT2D eigenvalue weighted by molar-refractivity contribution is 5.78. The smallest absolute Gasteiger partial charge is 0.260 e. The number of carbonyl (C=O) groups is 1. The molecule has 0 radical (unpaired) electrons. The van der Waals surface area contributed by atoms with Crippen LogP contribution in [-0.4, -0.2) is 40.7 Å². The Morgan fingerprint density at radius 2 is 2.19 bits per heavy atom. The van der Waals surface area contributed by atoms with E-state index in [-0.39, 0.29) is 18.3 Å². The van der Waals surface area contributed by atoms with Crippen molar-refractivity contribution >= 4 is 5.91 Å². The zero-order valence-corrected chi connectivity index (χ0v) is 11.5. The number of rotatable bonds is 4. The minimum absolute atomic E-state index is 0.0265. The summed E-state index contributed by atoms with van der Waals surface area (Å²) >= 11 is 0. The third-order valence-electron chi connectivity index (χ3n) is 3.68. The van der Waals surface area contributed by atoms with Crippen LogP contribution in [0.2, 0.25) is 0 Å². The summed E-state index contributed by atoms with van der Waals surface area (Å²) in [6.45, 7) is 1.37. The van der Waals surface area contributed by atoms with E-state index in [0.29, 0.717) is 18.2 Å². The fourth-order valence-electron chi connectivity index (χ4n) is 2.50. The van der Waals surface area contributed by atoms with Crippen LogP contribution in [0.4, 0.5) is 4.39 Å². The predicted octanol–water partition coefficient (Wildman–Crippen LogP) is 1.94. The normalized spacial score (nSPS) is 18.0. The van der Waals surface area contributed by atoms with Gasteiger partial charge in [0.2, 0.25) is 0 Å². The standard InChI is InChI=1S/C15H16FN3O2/c16-12-1-3-13(4-2-12)21-10-15(20)19-8-6-11(9-19)14-5-7-17-18-14/h1-5,7,11H,6,8-10H2,(H,17,18). The molecule has 6 heteroatoms. The van der Waals surface area contributed by atoms with Crippen LogP contribution in [-0.2, 0) is 4.79 Å². The molecule has 1 aliphatic heterocycles. The molecule has 1 aliphatic rings. The van der Waals surface area contributed by atoms with E-state index in [1.54, 1.807) is 11.1 Å². The largest absolute Gasteiger partial charge is 0.484 e. The molecule has 21 heavy (non-hydrogen) atoms. The summed E-state index contributed by atoms with van der Waals surface area (Å²) in [5.74, 6) is 0.424. The lowest BCUT2D eigenvalue weighted by Gasteiger charge is -2.16. The van der Waals surface area contributed by atoms with E-state index >= 15 is 0 Å². The lowest BCUT2D eigenvalue weighted by atomic mass is 10.1. The van der Waals surface area contributed by atoms with Crippen molar-refractivity contribution in [2.24, 2.45) is 0 Å². The first-order valence-corrected chi connectivity index (χ1v) is 6.88. The second kappa shape index (κ2) is 5.95. The molecule has 1 fully saturated rings. The Kier molecular flexibility index (Phi) is 3.85. The van der Waals surface area contributed by atoms with E-state index in [1.807, 2.05) is 6.07 Å². The fourth-order valence-corrected chi connectivity index (χ4v) is 2.50. The lowest BCUT2D eigenvalue weighted by Crippen LogP contribution is -2.32. The molecule has 1 aromatic carbocycles. The van der Waals surface area contributed by atoms with Crippen LogP contribution >= 0.6 is 0 Å². The third-order valence-corrected chi connectivity index (χ3v) is 3.68. The van der Waals surface area contributed by atoms with Gasteiger partial charge in [-0.15, -0.1) is 0 Å². The second-order valence-electron chi connectivity index (χ2n) is 5.08. The Bertz CT molecular complexity index is 598. The van der Waals surface area contributed by atoms with Crippen molar-refractivity contribution in [3.8, 4) is 5.75 Å². The maximum atomic E-state index is 12.8. The highest BCUT2D eigenvalue weighted by Gasteiger charge is 2.28. The van der Waals surface area contributed by atoms with Crippen LogP contribution in [0.5, 0.6) is 5.75 Å². The van der Waals surface area contributed by atoms with Crippen molar-refractivity contribution in [1.82, 2.24) is 15.1 Å². The van der Waals surface area contributed by atoms with Crippen molar-refractivity contribution in [2.75, 3.05) is 19.7 Å². The average molecular weight is 289 g/mol. The molecule has 1 amide bonds. The summed E-state index contributed by atoms with van der Waals surface area (Å²) in [6.07, 6.45) is 2.64. The number of carbonyl (C=O) groups excluding carboxylic acids is 1. The maximum absolute atomic E-state index is 12.8. The summed E-state index contributed by atoms with van der Waals surface area (Å²) in [5.41, 5.74) is 1.06. The number of hydrogen-bond acceptors (Lipinski definition) is 3. The van der Waals surface area contributed by atoms with E-state index in [2.05, 4.69) is 10.2 Å². The number of amides is 1. The van der Waals surface area contributed by atoms with Crippen LogP contribution in [0, 0.1) is 5.82 Å². The zero-order valence-electron chi connectivity index (χ0n) is 11.5. The Labute approximate surface area is 121 Å². The van der Waals surface area contributed by atoms with E-state index in [4.69, 9.17) is 4.74 Å². The number of nitrogens with one attached hydrogen (secondary N) is 1. The number of H-pyrrole nitrogens is 1. The van der Waals surface area contributed by atoms with Gasteiger partial charge in [-0.2, -0.15) is 5.10 Å².